The molecule has 0 aromatic heterocycles. The molecule has 1 nitrogen and oxygen atoms in total. The Morgan fingerprint density at radius 1 is 1.18 bits per heavy atom. The topological polar surface area (TPSA) is 9.23 Å². The Balaban J connectivity index is 2.00. The molecule has 0 aliphatic heterocycles. The summed E-state index contributed by atoms with van der Waals surface area (Å²) >= 11 is 0. The Kier molecular flexibility index (Phi) is 4.61. The average molecular weight is 232 g/mol. The van der Waals surface area contributed by atoms with Gasteiger partial charge in [-0.2, -0.15) is 0 Å². The second-order valence-electron chi connectivity index (χ2n) is 5.27. The molecule has 0 N–H and O–H groups in total. The lowest BCUT2D eigenvalue weighted by atomic mass is 9.87. The van der Waals surface area contributed by atoms with Gasteiger partial charge in [-0.3, -0.25) is 0 Å². The van der Waals surface area contributed by atoms with E-state index >= 15 is 0 Å². The fourth-order valence-corrected chi connectivity index (χ4v) is 2.76. The molecule has 1 aromatic rings. The average Bonchev–Trinajstić information content (AvgIpc) is 2.38. The van der Waals surface area contributed by atoms with Gasteiger partial charge in [0.1, 0.15) is 0 Å². The first-order chi connectivity index (χ1) is 8.31. The Morgan fingerprint density at radius 3 is 2.71 bits per heavy atom. The lowest BCUT2D eigenvalue weighted by Gasteiger charge is -2.19. The van der Waals surface area contributed by atoms with Crippen molar-refractivity contribution in [2.75, 3.05) is 13.7 Å². The molecular formula is C16H24O. The molecule has 0 amide bonds. The van der Waals surface area contributed by atoms with Crippen LogP contribution in [0.4, 0.5) is 0 Å². The Morgan fingerprint density at radius 2 is 1.94 bits per heavy atom. The minimum Gasteiger partial charge on any atom is -0.385 e. The van der Waals surface area contributed by atoms with Crippen molar-refractivity contribution in [3.63, 3.8) is 0 Å². The number of hydrogen-bond acceptors (Lipinski definition) is 1. The largest absolute Gasteiger partial charge is 0.385 e. The Labute approximate surface area is 105 Å². The number of benzene rings is 1. The van der Waals surface area contributed by atoms with E-state index in [4.69, 9.17) is 4.74 Å². The van der Waals surface area contributed by atoms with Crippen molar-refractivity contribution < 1.29 is 4.74 Å². The first-order valence-electron chi connectivity index (χ1n) is 6.92. The molecule has 2 rings (SSSR count). The van der Waals surface area contributed by atoms with Crippen LogP contribution in [0.25, 0.3) is 0 Å². The maximum Gasteiger partial charge on any atom is 0.0462 e. The molecule has 0 saturated heterocycles. The fourth-order valence-electron chi connectivity index (χ4n) is 2.76. The van der Waals surface area contributed by atoms with E-state index in [1.807, 2.05) is 0 Å². The first-order valence-corrected chi connectivity index (χ1v) is 6.92. The number of methoxy groups -OCH3 is 1. The van der Waals surface area contributed by atoms with Gasteiger partial charge >= 0.3 is 0 Å². The maximum absolute atomic E-state index is 5.12. The molecule has 0 bridgehead atoms. The molecule has 0 spiro atoms. The van der Waals surface area contributed by atoms with Crippen molar-refractivity contribution in [1.29, 1.82) is 0 Å². The van der Waals surface area contributed by atoms with Crippen LogP contribution < -0.4 is 0 Å². The third kappa shape index (κ3) is 3.32. The summed E-state index contributed by atoms with van der Waals surface area (Å²) in [7, 11) is 1.78. The van der Waals surface area contributed by atoms with Gasteiger partial charge in [0.2, 0.25) is 0 Å². The molecule has 17 heavy (non-hydrogen) atoms. The number of ether oxygens (including phenoxy) is 1. The van der Waals surface area contributed by atoms with Gasteiger partial charge in [-0.1, -0.05) is 25.1 Å². The molecular weight excluding hydrogens is 208 g/mol. The molecule has 1 heteroatoms. The van der Waals surface area contributed by atoms with Gasteiger partial charge in [0.25, 0.3) is 0 Å². The molecule has 1 aliphatic rings. The predicted octanol–water partition coefficient (Wildman–Crippen LogP) is 4.10. The second-order valence-corrected chi connectivity index (χ2v) is 5.27. The van der Waals surface area contributed by atoms with Gasteiger partial charge in [-0.15, -0.1) is 0 Å². The third-order valence-corrected chi connectivity index (χ3v) is 3.93. The lowest BCUT2D eigenvalue weighted by molar-refractivity contribution is 0.191. The van der Waals surface area contributed by atoms with E-state index in [1.54, 1.807) is 18.2 Å². The zero-order valence-corrected chi connectivity index (χ0v) is 11.2. The van der Waals surface area contributed by atoms with E-state index in [-0.39, 0.29) is 0 Å². The normalized spacial score (nSPS) is 16.6. The van der Waals surface area contributed by atoms with Crippen LogP contribution in [0.1, 0.15) is 55.2 Å². The zero-order valence-electron chi connectivity index (χ0n) is 11.2. The molecule has 1 aliphatic carbocycles. The summed E-state index contributed by atoms with van der Waals surface area (Å²) in [6.07, 6.45) is 7.70. The number of fused-ring (bicyclic) bond motifs is 1. The lowest BCUT2D eigenvalue weighted by Crippen LogP contribution is -2.05. The monoisotopic (exact) mass is 232 g/mol. The van der Waals surface area contributed by atoms with Crippen LogP contribution in [-0.4, -0.2) is 13.7 Å². The quantitative estimate of drug-likeness (QED) is 0.695. The summed E-state index contributed by atoms with van der Waals surface area (Å²) in [6.45, 7) is 3.22. The minimum atomic E-state index is 0.664. The first kappa shape index (κ1) is 12.6. The van der Waals surface area contributed by atoms with Crippen LogP contribution in [0.2, 0.25) is 0 Å². The molecule has 0 radical (unpaired) electrons. The van der Waals surface area contributed by atoms with Gasteiger partial charge < -0.3 is 4.74 Å². The number of aryl methyl sites for hydroxylation is 2. The zero-order chi connectivity index (χ0) is 12.1. The van der Waals surface area contributed by atoms with E-state index in [0.29, 0.717) is 5.92 Å². The van der Waals surface area contributed by atoms with Gasteiger partial charge in [0.15, 0.2) is 0 Å². The number of rotatable bonds is 5. The maximum atomic E-state index is 5.12. The Bertz CT molecular complexity index is 357. The van der Waals surface area contributed by atoms with Crippen LogP contribution >= 0.6 is 0 Å². The summed E-state index contributed by atoms with van der Waals surface area (Å²) in [4.78, 5) is 0. The predicted molar refractivity (Wildman–Crippen MR) is 72.6 cm³/mol. The highest BCUT2D eigenvalue weighted by atomic mass is 16.5. The molecule has 0 saturated carbocycles. The van der Waals surface area contributed by atoms with Crippen LogP contribution in [-0.2, 0) is 17.6 Å². The van der Waals surface area contributed by atoms with E-state index in [9.17, 15) is 0 Å². The smallest absolute Gasteiger partial charge is 0.0462 e. The van der Waals surface area contributed by atoms with Crippen LogP contribution in [0.3, 0.4) is 0 Å². The summed E-state index contributed by atoms with van der Waals surface area (Å²) in [6, 6.07) is 7.14. The van der Waals surface area contributed by atoms with Crippen molar-refractivity contribution in [2.24, 2.45) is 0 Å². The molecule has 0 heterocycles. The van der Waals surface area contributed by atoms with Crippen molar-refractivity contribution in [3.05, 3.63) is 34.9 Å². The third-order valence-electron chi connectivity index (χ3n) is 3.93. The van der Waals surface area contributed by atoms with Gasteiger partial charge in [0, 0.05) is 13.7 Å². The van der Waals surface area contributed by atoms with E-state index in [0.717, 1.165) is 13.0 Å². The Hall–Kier alpha value is -0.820. The highest BCUT2D eigenvalue weighted by molar-refractivity contribution is 5.35. The second kappa shape index (κ2) is 6.20. The van der Waals surface area contributed by atoms with Crippen LogP contribution in [0.15, 0.2) is 18.2 Å². The summed E-state index contributed by atoms with van der Waals surface area (Å²) < 4.78 is 5.12. The van der Waals surface area contributed by atoms with Crippen LogP contribution in [0, 0.1) is 0 Å². The van der Waals surface area contributed by atoms with Crippen LogP contribution in [0.5, 0.6) is 0 Å². The SMILES string of the molecule is COCCCC(C)c1ccc2c(c1)CCCC2. The van der Waals surface area contributed by atoms with Crippen molar-refractivity contribution in [1.82, 2.24) is 0 Å². The number of hydrogen-bond donors (Lipinski definition) is 0. The van der Waals surface area contributed by atoms with Gasteiger partial charge in [0.05, 0.1) is 0 Å². The fraction of sp³-hybridized carbons (Fsp3) is 0.625. The molecule has 1 atom stereocenters. The van der Waals surface area contributed by atoms with Gasteiger partial charge in [-0.05, 0) is 61.1 Å². The molecule has 1 aromatic carbocycles. The standard InChI is InChI=1S/C16H24O/c1-13(6-5-11-17-2)15-10-9-14-7-3-4-8-16(14)12-15/h9-10,12-13H,3-8,11H2,1-2H3. The van der Waals surface area contributed by atoms with Crippen molar-refractivity contribution in [3.8, 4) is 0 Å². The summed E-state index contributed by atoms with van der Waals surface area (Å²) in [5, 5.41) is 0. The molecule has 94 valence electrons. The van der Waals surface area contributed by atoms with E-state index in [2.05, 4.69) is 25.1 Å². The van der Waals surface area contributed by atoms with E-state index in [1.165, 1.54) is 37.7 Å². The summed E-state index contributed by atoms with van der Waals surface area (Å²) in [5.74, 6) is 0.664. The highest BCUT2D eigenvalue weighted by Crippen LogP contribution is 2.27. The minimum absolute atomic E-state index is 0.664. The van der Waals surface area contributed by atoms with Crippen molar-refractivity contribution in [2.45, 2.75) is 51.4 Å². The van der Waals surface area contributed by atoms with Crippen molar-refractivity contribution >= 4 is 0 Å². The summed E-state index contributed by atoms with van der Waals surface area (Å²) in [5.41, 5.74) is 4.71. The molecule has 1 unspecified atom stereocenters. The highest BCUT2D eigenvalue weighted by Gasteiger charge is 2.12. The molecule has 0 fully saturated rings. The van der Waals surface area contributed by atoms with Gasteiger partial charge in [-0.25, -0.2) is 0 Å². The van der Waals surface area contributed by atoms with E-state index < -0.39 is 0 Å².